The summed E-state index contributed by atoms with van der Waals surface area (Å²) in [5.74, 6) is 6.48. The number of ketones is 1. The molecule has 1 nitrogen and oxygen atoms in total. The van der Waals surface area contributed by atoms with Crippen LogP contribution in [0.5, 0.6) is 0 Å². The average molecular weight is 194 g/mol. The fourth-order valence-electron chi connectivity index (χ4n) is 1.68. The molecular weight excluding hydrogens is 172 g/mol. The maximum atomic E-state index is 11.7. The first-order chi connectivity index (χ1) is 6.76. The van der Waals surface area contributed by atoms with Crippen LogP contribution >= 0.6 is 0 Å². The van der Waals surface area contributed by atoms with E-state index in [0.717, 1.165) is 32.1 Å². The van der Waals surface area contributed by atoms with E-state index >= 15 is 0 Å². The van der Waals surface area contributed by atoms with Gasteiger partial charge in [0.2, 0.25) is 0 Å². The quantitative estimate of drug-likeness (QED) is 0.566. The summed E-state index contributed by atoms with van der Waals surface area (Å²) >= 11 is 0. The summed E-state index contributed by atoms with van der Waals surface area (Å²) in [7, 11) is 0. The number of carbonyl (C=O) groups excluding carboxylic acids is 1. The zero-order chi connectivity index (χ0) is 10.8. The van der Waals surface area contributed by atoms with E-state index in [0.29, 0.717) is 18.1 Å². The molecule has 0 aromatic carbocycles. The van der Waals surface area contributed by atoms with Gasteiger partial charge in [-0.2, -0.15) is 0 Å². The zero-order valence-electron chi connectivity index (χ0n) is 9.73. The van der Waals surface area contributed by atoms with Crippen molar-refractivity contribution in [1.82, 2.24) is 0 Å². The lowest BCUT2D eigenvalue weighted by Crippen LogP contribution is -2.13. The van der Waals surface area contributed by atoms with Crippen molar-refractivity contribution in [2.24, 2.45) is 5.92 Å². The molecule has 14 heavy (non-hydrogen) atoms. The van der Waals surface area contributed by atoms with Crippen LogP contribution in [0.2, 0.25) is 0 Å². The Balaban J connectivity index is 3.91. The highest BCUT2D eigenvalue weighted by Crippen LogP contribution is 2.16. The van der Waals surface area contributed by atoms with Crippen molar-refractivity contribution in [3.63, 3.8) is 0 Å². The molecule has 0 bridgehead atoms. The van der Waals surface area contributed by atoms with Crippen molar-refractivity contribution >= 4 is 5.78 Å². The van der Waals surface area contributed by atoms with E-state index in [1.165, 1.54) is 0 Å². The van der Waals surface area contributed by atoms with Gasteiger partial charge in [-0.15, -0.1) is 11.8 Å². The Bertz CT molecular complexity index is 201. The molecular formula is C13H22O. The van der Waals surface area contributed by atoms with E-state index < -0.39 is 0 Å². The Labute approximate surface area is 88.3 Å². The van der Waals surface area contributed by atoms with Crippen LogP contribution in [0.3, 0.4) is 0 Å². The van der Waals surface area contributed by atoms with Crippen LogP contribution in [0.15, 0.2) is 0 Å². The molecule has 0 saturated carbocycles. The van der Waals surface area contributed by atoms with Gasteiger partial charge < -0.3 is 0 Å². The van der Waals surface area contributed by atoms with Gasteiger partial charge in [0.1, 0.15) is 5.78 Å². The minimum atomic E-state index is 0.295. The number of hydrogen-bond donors (Lipinski definition) is 0. The van der Waals surface area contributed by atoms with E-state index in [2.05, 4.69) is 25.7 Å². The van der Waals surface area contributed by atoms with Crippen LogP contribution in [-0.2, 0) is 4.79 Å². The topological polar surface area (TPSA) is 17.1 Å². The maximum absolute atomic E-state index is 11.7. The van der Waals surface area contributed by atoms with E-state index in [1.54, 1.807) is 0 Å². The van der Waals surface area contributed by atoms with Crippen molar-refractivity contribution in [2.45, 2.75) is 59.3 Å². The summed E-state index contributed by atoms with van der Waals surface area (Å²) in [4.78, 5) is 11.7. The van der Waals surface area contributed by atoms with Gasteiger partial charge in [0.25, 0.3) is 0 Å². The van der Waals surface area contributed by atoms with Crippen LogP contribution in [0.25, 0.3) is 0 Å². The lowest BCUT2D eigenvalue weighted by molar-refractivity contribution is -0.123. The Morgan fingerprint density at radius 2 is 1.79 bits per heavy atom. The summed E-state index contributed by atoms with van der Waals surface area (Å²) in [5.41, 5.74) is 0. The SMILES string of the molecule is CC#CCCC(=O)C(CCC)CCC. The molecule has 0 radical (unpaired) electrons. The van der Waals surface area contributed by atoms with Crippen LogP contribution < -0.4 is 0 Å². The molecule has 0 unspecified atom stereocenters. The molecule has 0 heterocycles. The molecule has 80 valence electrons. The van der Waals surface area contributed by atoms with Gasteiger partial charge in [0, 0.05) is 18.8 Å². The van der Waals surface area contributed by atoms with Crippen molar-refractivity contribution in [3.05, 3.63) is 0 Å². The molecule has 0 atom stereocenters. The van der Waals surface area contributed by atoms with Crippen LogP contribution in [0.1, 0.15) is 59.3 Å². The largest absolute Gasteiger partial charge is 0.299 e. The third-order valence-electron chi connectivity index (χ3n) is 2.40. The summed E-state index contributed by atoms with van der Waals surface area (Å²) in [6, 6.07) is 0. The summed E-state index contributed by atoms with van der Waals surface area (Å²) < 4.78 is 0. The highest BCUT2D eigenvalue weighted by atomic mass is 16.1. The Morgan fingerprint density at radius 3 is 2.21 bits per heavy atom. The molecule has 0 amide bonds. The second kappa shape index (κ2) is 8.81. The number of rotatable bonds is 7. The third-order valence-corrected chi connectivity index (χ3v) is 2.40. The molecule has 0 aromatic rings. The first-order valence-corrected chi connectivity index (χ1v) is 5.68. The van der Waals surface area contributed by atoms with Gasteiger partial charge >= 0.3 is 0 Å². The first kappa shape index (κ1) is 13.2. The van der Waals surface area contributed by atoms with Crippen LogP contribution in [0, 0.1) is 17.8 Å². The Morgan fingerprint density at radius 1 is 1.21 bits per heavy atom. The smallest absolute Gasteiger partial charge is 0.136 e. The highest BCUT2D eigenvalue weighted by molar-refractivity contribution is 5.81. The second-order valence-electron chi connectivity index (χ2n) is 3.67. The molecule has 0 aliphatic rings. The fraction of sp³-hybridized carbons (Fsp3) is 0.769. The second-order valence-corrected chi connectivity index (χ2v) is 3.67. The minimum absolute atomic E-state index is 0.295. The van der Waals surface area contributed by atoms with E-state index in [1.807, 2.05) is 6.92 Å². The zero-order valence-corrected chi connectivity index (χ0v) is 9.73. The number of Topliss-reactive ketones (excluding diaryl/α,β-unsaturated/α-hetero) is 1. The lowest BCUT2D eigenvalue weighted by atomic mass is 9.91. The van der Waals surface area contributed by atoms with Crippen molar-refractivity contribution in [3.8, 4) is 11.8 Å². The monoisotopic (exact) mass is 194 g/mol. The molecule has 0 aliphatic heterocycles. The first-order valence-electron chi connectivity index (χ1n) is 5.68. The lowest BCUT2D eigenvalue weighted by Gasteiger charge is -2.12. The molecule has 0 fully saturated rings. The van der Waals surface area contributed by atoms with Crippen molar-refractivity contribution in [1.29, 1.82) is 0 Å². The van der Waals surface area contributed by atoms with Gasteiger partial charge in [-0.05, 0) is 19.8 Å². The number of carbonyl (C=O) groups is 1. The Hall–Kier alpha value is -0.770. The van der Waals surface area contributed by atoms with E-state index in [4.69, 9.17) is 0 Å². The maximum Gasteiger partial charge on any atom is 0.136 e. The number of hydrogen-bond acceptors (Lipinski definition) is 1. The summed E-state index contributed by atoms with van der Waals surface area (Å²) in [6.45, 7) is 6.10. The minimum Gasteiger partial charge on any atom is -0.299 e. The van der Waals surface area contributed by atoms with Gasteiger partial charge in [0.05, 0.1) is 0 Å². The van der Waals surface area contributed by atoms with Crippen LogP contribution in [-0.4, -0.2) is 5.78 Å². The highest BCUT2D eigenvalue weighted by Gasteiger charge is 2.15. The predicted octanol–water partition coefficient (Wildman–Crippen LogP) is 3.58. The molecule has 0 N–H and O–H groups in total. The van der Waals surface area contributed by atoms with Crippen molar-refractivity contribution in [2.75, 3.05) is 0 Å². The third kappa shape index (κ3) is 5.80. The van der Waals surface area contributed by atoms with Crippen LogP contribution in [0.4, 0.5) is 0 Å². The average Bonchev–Trinajstić information content (AvgIpc) is 2.18. The molecule has 0 rings (SSSR count). The van der Waals surface area contributed by atoms with Gasteiger partial charge in [-0.1, -0.05) is 26.7 Å². The normalized spacial score (nSPS) is 9.71. The molecule has 1 heteroatoms. The molecule has 0 aliphatic carbocycles. The fourth-order valence-corrected chi connectivity index (χ4v) is 1.68. The standard InChI is InChI=1S/C13H22O/c1-4-7-8-11-13(14)12(9-5-2)10-6-3/h12H,5-6,8-11H2,1-3H3. The van der Waals surface area contributed by atoms with E-state index in [9.17, 15) is 4.79 Å². The van der Waals surface area contributed by atoms with E-state index in [-0.39, 0.29) is 0 Å². The predicted molar refractivity (Wildman–Crippen MR) is 61.0 cm³/mol. The summed E-state index contributed by atoms with van der Waals surface area (Å²) in [6.07, 6.45) is 5.69. The molecule has 0 saturated heterocycles. The van der Waals surface area contributed by atoms with Gasteiger partial charge in [-0.25, -0.2) is 0 Å². The van der Waals surface area contributed by atoms with Gasteiger partial charge in [-0.3, -0.25) is 4.79 Å². The Kier molecular flexibility index (Phi) is 8.33. The molecule has 0 aromatic heterocycles. The van der Waals surface area contributed by atoms with Crippen molar-refractivity contribution < 1.29 is 4.79 Å². The summed E-state index contributed by atoms with van der Waals surface area (Å²) in [5, 5.41) is 0. The van der Waals surface area contributed by atoms with Gasteiger partial charge in [0.15, 0.2) is 0 Å². The molecule has 0 spiro atoms.